The van der Waals surface area contributed by atoms with Gasteiger partial charge in [0.1, 0.15) is 5.82 Å². The maximum atomic E-state index is 14.8. The molecular formula is C22H22Cl2F3N7. The molecule has 0 radical (unpaired) electrons. The number of nitrogens with zero attached hydrogens (tertiary/aromatic N) is 4. The Kier molecular flexibility index (Phi) is 6.17. The van der Waals surface area contributed by atoms with E-state index >= 15 is 0 Å². The van der Waals surface area contributed by atoms with Gasteiger partial charge in [-0.25, -0.2) is 9.97 Å². The first-order valence-electron chi connectivity index (χ1n) is 10.2. The van der Waals surface area contributed by atoms with Crippen LogP contribution in [0.1, 0.15) is 5.69 Å². The van der Waals surface area contributed by atoms with Crippen LogP contribution >= 0.6 is 23.2 Å². The van der Waals surface area contributed by atoms with Crippen LogP contribution in [0.15, 0.2) is 49.2 Å². The summed E-state index contributed by atoms with van der Waals surface area (Å²) >= 11 is 12.2. The van der Waals surface area contributed by atoms with E-state index in [9.17, 15) is 13.2 Å². The zero-order valence-electron chi connectivity index (χ0n) is 18.4. The molecule has 4 rings (SSSR count). The lowest BCUT2D eigenvalue weighted by Crippen LogP contribution is -2.56. The summed E-state index contributed by atoms with van der Waals surface area (Å²) in [6.45, 7) is 8.85. The van der Waals surface area contributed by atoms with E-state index in [2.05, 4.69) is 39.1 Å². The Morgan fingerprint density at radius 3 is 2.59 bits per heavy atom. The van der Waals surface area contributed by atoms with Gasteiger partial charge in [-0.1, -0.05) is 42.4 Å². The molecule has 180 valence electrons. The Balaban J connectivity index is 1.74. The second-order valence-electron chi connectivity index (χ2n) is 8.08. The third-order valence-electron chi connectivity index (χ3n) is 5.40. The Labute approximate surface area is 204 Å². The molecule has 1 atom stereocenters. The zero-order valence-corrected chi connectivity index (χ0v) is 19.9. The lowest BCUT2D eigenvalue weighted by atomic mass is 10.1. The maximum absolute atomic E-state index is 14.8. The van der Waals surface area contributed by atoms with Gasteiger partial charge in [0, 0.05) is 13.1 Å². The minimum absolute atomic E-state index is 0.0497. The van der Waals surface area contributed by atoms with Crippen molar-refractivity contribution in [2.45, 2.75) is 11.8 Å². The number of alkyl halides is 3. The van der Waals surface area contributed by atoms with Gasteiger partial charge in [0.2, 0.25) is 5.95 Å². The molecule has 3 N–H and O–H groups in total. The fourth-order valence-electron chi connectivity index (χ4n) is 3.75. The van der Waals surface area contributed by atoms with Crippen molar-refractivity contribution >= 4 is 51.7 Å². The van der Waals surface area contributed by atoms with Gasteiger partial charge in [-0.05, 0) is 38.4 Å². The molecule has 3 aromatic rings. The minimum atomic E-state index is -4.84. The van der Waals surface area contributed by atoms with Crippen LogP contribution < -0.4 is 16.0 Å². The number of imidazole rings is 1. The van der Waals surface area contributed by atoms with E-state index in [0.717, 1.165) is 11.1 Å². The second-order valence-corrected chi connectivity index (χ2v) is 8.89. The lowest BCUT2D eigenvalue weighted by molar-refractivity contribution is -0.203. The smallest absolute Gasteiger partial charge is 0.369 e. The van der Waals surface area contributed by atoms with Crippen molar-refractivity contribution in [1.82, 2.24) is 24.8 Å². The van der Waals surface area contributed by atoms with Gasteiger partial charge in [0.25, 0.3) is 5.66 Å². The third kappa shape index (κ3) is 4.06. The summed E-state index contributed by atoms with van der Waals surface area (Å²) in [5.41, 5.74) is -2.59. The Bertz CT molecular complexity index is 1290. The molecule has 1 aliphatic heterocycles. The van der Waals surface area contributed by atoms with Crippen LogP contribution in [0.2, 0.25) is 10.0 Å². The first-order valence-corrected chi connectivity index (χ1v) is 10.9. The number of halogens is 5. The number of likely N-dealkylation sites (N-methyl/N-ethyl adjacent to an activating group) is 1. The fraction of sp³-hybridized carbons (Fsp3) is 0.273. The highest BCUT2D eigenvalue weighted by atomic mass is 35.5. The van der Waals surface area contributed by atoms with E-state index < -0.39 is 11.8 Å². The number of rotatable bonds is 7. The van der Waals surface area contributed by atoms with Crippen LogP contribution in [0.4, 0.5) is 24.9 Å². The molecule has 0 aliphatic carbocycles. The molecule has 1 aliphatic rings. The van der Waals surface area contributed by atoms with E-state index in [1.54, 1.807) is 18.2 Å². The molecule has 34 heavy (non-hydrogen) atoms. The van der Waals surface area contributed by atoms with E-state index in [4.69, 9.17) is 23.2 Å². The topological polar surface area (TPSA) is 70.0 Å². The number of aromatic nitrogens is 3. The van der Waals surface area contributed by atoms with Gasteiger partial charge in [-0.2, -0.15) is 13.2 Å². The SMILES string of the molecule is C=C(NC1(C(F)(F)F)C(=C)Nc2nc3cc(Cl)c(Cl)cc3n21)c1cccc(NCCN(C)C)n1. The predicted molar refractivity (Wildman–Crippen MR) is 130 cm³/mol. The highest BCUT2D eigenvalue weighted by Gasteiger charge is 2.63. The molecule has 0 saturated carbocycles. The first-order chi connectivity index (χ1) is 15.9. The van der Waals surface area contributed by atoms with E-state index in [0.29, 0.717) is 12.4 Å². The molecule has 12 heteroatoms. The number of pyridine rings is 1. The van der Waals surface area contributed by atoms with Crippen molar-refractivity contribution in [2.24, 2.45) is 0 Å². The summed E-state index contributed by atoms with van der Waals surface area (Å²) in [4.78, 5) is 10.6. The molecule has 1 aromatic carbocycles. The van der Waals surface area contributed by atoms with Crippen molar-refractivity contribution in [3.05, 3.63) is 64.9 Å². The number of nitrogens with one attached hydrogen (secondary N) is 3. The van der Waals surface area contributed by atoms with Crippen molar-refractivity contribution in [3.63, 3.8) is 0 Å². The summed E-state index contributed by atoms with van der Waals surface area (Å²) in [5.74, 6) is 0.463. The fourth-order valence-corrected chi connectivity index (χ4v) is 4.06. The molecule has 0 amide bonds. The predicted octanol–water partition coefficient (Wildman–Crippen LogP) is 5.13. The molecule has 0 saturated heterocycles. The minimum Gasteiger partial charge on any atom is -0.369 e. The van der Waals surface area contributed by atoms with Crippen molar-refractivity contribution in [2.75, 3.05) is 37.8 Å². The van der Waals surface area contributed by atoms with Crippen LogP contribution in [0.25, 0.3) is 16.7 Å². The van der Waals surface area contributed by atoms with Crippen LogP contribution in [-0.4, -0.2) is 52.8 Å². The Hall–Kier alpha value is -2.95. The highest BCUT2D eigenvalue weighted by molar-refractivity contribution is 6.42. The molecule has 2 aromatic heterocycles. The quantitative estimate of drug-likeness (QED) is 0.408. The third-order valence-corrected chi connectivity index (χ3v) is 6.12. The van der Waals surface area contributed by atoms with Gasteiger partial charge in [0.15, 0.2) is 0 Å². The Morgan fingerprint density at radius 2 is 1.91 bits per heavy atom. The second kappa shape index (κ2) is 8.68. The Morgan fingerprint density at radius 1 is 1.21 bits per heavy atom. The zero-order chi connectivity index (χ0) is 24.8. The van der Waals surface area contributed by atoms with Crippen molar-refractivity contribution in [3.8, 4) is 0 Å². The number of anilines is 2. The summed E-state index contributed by atoms with van der Waals surface area (Å²) in [5, 5.41) is 8.60. The van der Waals surface area contributed by atoms with Gasteiger partial charge in [-0.3, -0.25) is 4.57 Å². The molecule has 7 nitrogen and oxygen atoms in total. The van der Waals surface area contributed by atoms with Crippen LogP contribution in [-0.2, 0) is 5.66 Å². The summed E-state index contributed by atoms with van der Waals surface area (Å²) in [7, 11) is 3.87. The first kappa shape index (κ1) is 24.2. The normalized spacial score (nSPS) is 17.7. The molecule has 0 spiro atoms. The molecule has 0 fully saturated rings. The number of fused-ring (bicyclic) bond motifs is 3. The number of hydrogen-bond acceptors (Lipinski definition) is 6. The standard InChI is InChI=1S/C22H22Cl2F3N7/c1-12(16-6-5-7-19(30-16)28-8-9-33(3)4)32-21(22(25,26)27)13(2)29-20-31-17-10-14(23)15(24)11-18(17)34(20)21/h5-7,10-11,32H,1-2,8-9H2,3-4H3,(H,28,30)(H,29,31). The molecule has 3 heterocycles. The number of hydrogen-bond donors (Lipinski definition) is 3. The van der Waals surface area contributed by atoms with Crippen LogP contribution in [0.3, 0.4) is 0 Å². The highest BCUT2D eigenvalue weighted by Crippen LogP contribution is 2.49. The van der Waals surface area contributed by atoms with Crippen molar-refractivity contribution < 1.29 is 13.2 Å². The van der Waals surface area contributed by atoms with Crippen LogP contribution in [0.5, 0.6) is 0 Å². The monoisotopic (exact) mass is 511 g/mol. The average molecular weight is 512 g/mol. The number of benzene rings is 1. The van der Waals surface area contributed by atoms with Gasteiger partial charge in [0.05, 0.1) is 38.2 Å². The maximum Gasteiger partial charge on any atom is 0.436 e. The van der Waals surface area contributed by atoms with Gasteiger partial charge >= 0.3 is 6.18 Å². The molecule has 0 bridgehead atoms. The van der Waals surface area contributed by atoms with E-state index in [-0.39, 0.29) is 44.1 Å². The summed E-state index contributed by atoms with van der Waals surface area (Å²) in [6.07, 6.45) is -4.84. The van der Waals surface area contributed by atoms with Crippen LogP contribution in [0, 0.1) is 0 Å². The van der Waals surface area contributed by atoms with Gasteiger partial charge < -0.3 is 20.9 Å². The van der Waals surface area contributed by atoms with Gasteiger partial charge in [-0.15, -0.1) is 0 Å². The van der Waals surface area contributed by atoms with E-state index in [1.165, 1.54) is 12.1 Å². The lowest BCUT2D eigenvalue weighted by Gasteiger charge is -2.36. The summed E-state index contributed by atoms with van der Waals surface area (Å²) in [6, 6.07) is 7.75. The largest absolute Gasteiger partial charge is 0.436 e. The molecular weight excluding hydrogens is 490 g/mol. The molecule has 1 unspecified atom stereocenters. The van der Waals surface area contributed by atoms with E-state index in [1.807, 2.05) is 19.0 Å². The average Bonchev–Trinajstić information content (AvgIpc) is 3.21. The van der Waals surface area contributed by atoms with Crippen molar-refractivity contribution in [1.29, 1.82) is 0 Å². The summed E-state index contributed by atoms with van der Waals surface area (Å²) < 4.78 is 45.3.